The molecule has 0 radical (unpaired) electrons. The Morgan fingerprint density at radius 3 is 2.21 bits per heavy atom. The van der Waals surface area contributed by atoms with Gasteiger partial charge in [0.15, 0.2) is 0 Å². The standard InChI is InChI=1S/C20H29N3O4S/c1-16(2)19(24)22-10-6-7-17(15-22)20(25)21-11-13-23(14-12-21)28(26,27)18-8-4-3-5-9-18/h3-5,8-9,16-17H,6-7,10-15H2,1-2H3. The number of piperazine rings is 1. The van der Waals surface area contributed by atoms with Crippen molar-refractivity contribution in [3.05, 3.63) is 30.3 Å². The lowest BCUT2D eigenvalue weighted by Gasteiger charge is -2.39. The van der Waals surface area contributed by atoms with E-state index in [-0.39, 0.29) is 28.5 Å². The van der Waals surface area contributed by atoms with Crippen LogP contribution in [0.15, 0.2) is 35.2 Å². The second-order valence-corrected chi connectivity index (χ2v) is 9.76. The molecule has 154 valence electrons. The first-order valence-electron chi connectivity index (χ1n) is 9.93. The van der Waals surface area contributed by atoms with Crippen molar-refractivity contribution in [1.29, 1.82) is 0 Å². The van der Waals surface area contributed by atoms with Gasteiger partial charge in [-0.25, -0.2) is 8.42 Å². The highest BCUT2D eigenvalue weighted by Gasteiger charge is 2.35. The van der Waals surface area contributed by atoms with Crippen molar-refractivity contribution in [2.24, 2.45) is 11.8 Å². The highest BCUT2D eigenvalue weighted by atomic mass is 32.2. The number of sulfonamides is 1. The molecule has 0 bridgehead atoms. The molecule has 7 nitrogen and oxygen atoms in total. The normalized spacial score (nSPS) is 21.8. The van der Waals surface area contributed by atoms with Gasteiger partial charge >= 0.3 is 0 Å². The Labute approximate surface area is 167 Å². The Kier molecular flexibility index (Phi) is 6.40. The fraction of sp³-hybridized carbons (Fsp3) is 0.600. The van der Waals surface area contributed by atoms with Crippen LogP contribution in [0.1, 0.15) is 26.7 Å². The number of hydrogen-bond acceptors (Lipinski definition) is 4. The van der Waals surface area contributed by atoms with Crippen molar-refractivity contribution in [3.8, 4) is 0 Å². The lowest BCUT2D eigenvalue weighted by molar-refractivity contribution is -0.143. The molecule has 0 saturated carbocycles. The predicted octanol–water partition coefficient (Wildman–Crippen LogP) is 1.41. The largest absolute Gasteiger partial charge is 0.342 e. The van der Waals surface area contributed by atoms with Crippen molar-refractivity contribution in [3.63, 3.8) is 0 Å². The number of rotatable bonds is 4. The van der Waals surface area contributed by atoms with Gasteiger partial charge in [0.2, 0.25) is 21.8 Å². The average molecular weight is 408 g/mol. The average Bonchev–Trinajstić information content (AvgIpc) is 2.73. The summed E-state index contributed by atoms with van der Waals surface area (Å²) in [6.07, 6.45) is 1.61. The summed E-state index contributed by atoms with van der Waals surface area (Å²) in [4.78, 5) is 29.0. The van der Waals surface area contributed by atoms with Crippen molar-refractivity contribution in [2.45, 2.75) is 31.6 Å². The van der Waals surface area contributed by atoms with Gasteiger partial charge in [-0.1, -0.05) is 32.0 Å². The number of nitrogens with zero attached hydrogens (tertiary/aromatic N) is 3. The minimum atomic E-state index is -3.52. The predicted molar refractivity (Wildman–Crippen MR) is 106 cm³/mol. The molecular formula is C20H29N3O4S. The van der Waals surface area contributed by atoms with E-state index in [1.807, 2.05) is 13.8 Å². The Morgan fingerprint density at radius 2 is 1.61 bits per heavy atom. The maximum absolute atomic E-state index is 12.9. The lowest BCUT2D eigenvalue weighted by atomic mass is 9.95. The zero-order valence-electron chi connectivity index (χ0n) is 16.6. The minimum absolute atomic E-state index is 0.0398. The summed E-state index contributed by atoms with van der Waals surface area (Å²) in [5, 5.41) is 0. The van der Waals surface area contributed by atoms with Crippen LogP contribution in [0.25, 0.3) is 0 Å². The SMILES string of the molecule is CC(C)C(=O)N1CCCC(C(=O)N2CCN(S(=O)(=O)c3ccccc3)CC2)C1. The molecule has 3 rings (SSSR count). The van der Waals surface area contributed by atoms with Gasteiger partial charge in [-0.3, -0.25) is 9.59 Å². The highest BCUT2D eigenvalue weighted by Crippen LogP contribution is 2.23. The van der Waals surface area contributed by atoms with E-state index in [1.54, 1.807) is 40.1 Å². The summed E-state index contributed by atoms with van der Waals surface area (Å²) < 4.78 is 26.9. The van der Waals surface area contributed by atoms with Crippen LogP contribution in [0, 0.1) is 11.8 Å². The maximum Gasteiger partial charge on any atom is 0.243 e. The maximum atomic E-state index is 12.9. The summed E-state index contributed by atoms with van der Waals surface area (Å²) in [6, 6.07) is 8.39. The van der Waals surface area contributed by atoms with Crippen LogP contribution in [0.5, 0.6) is 0 Å². The molecule has 8 heteroatoms. The molecule has 2 amide bonds. The van der Waals surface area contributed by atoms with E-state index < -0.39 is 10.0 Å². The molecule has 1 aromatic carbocycles. The fourth-order valence-electron chi connectivity index (χ4n) is 3.89. The fourth-order valence-corrected chi connectivity index (χ4v) is 5.34. The molecule has 1 unspecified atom stereocenters. The number of amides is 2. The van der Waals surface area contributed by atoms with E-state index in [2.05, 4.69) is 0 Å². The molecule has 1 atom stereocenters. The van der Waals surface area contributed by atoms with Gasteiger partial charge in [0.25, 0.3) is 0 Å². The summed E-state index contributed by atoms with van der Waals surface area (Å²) in [5.41, 5.74) is 0. The first-order chi connectivity index (χ1) is 13.3. The van der Waals surface area contributed by atoms with Gasteiger partial charge in [-0.15, -0.1) is 0 Å². The van der Waals surface area contributed by atoms with Gasteiger partial charge < -0.3 is 9.80 Å². The second kappa shape index (κ2) is 8.61. The number of carbonyl (C=O) groups is 2. The molecule has 2 heterocycles. The van der Waals surface area contributed by atoms with Gasteiger partial charge in [0.05, 0.1) is 10.8 Å². The lowest BCUT2D eigenvalue weighted by Crippen LogP contribution is -2.54. The van der Waals surface area contributed by atoms with Crippen LogP contribution in [-0.4, -0.2) is 73.6 Å². The van der Waals surface area contributed by atoms with Gasteiger partial charge in [0.1, 0.15) is 0 Å². The summed E-state index contributed by atoms with van der Waals surface area (Å²) in [7, 11) is -3.52. The van der Waals surface area contributed by atoms with Crippen LogP contribution in [0.4, 0.5) is 0 Å². The highest BCUT2D eigenvalue weighted by molar-refractivity contribution is 7.89. The number of likely N-dealkylation sites (tertiary alicyclic amines) is 1. The molecule has 1 aromatic rings. The quantitative estimate of drug-likeness (QED) is 0.756. The minimum Gasteiger partial charge on any atom is -0.342 e. The van der Waals surface area contributed by atoms with E-state index in [4.69, 9.17) is 0 Å². The molecule has 2 aliphatic heterocycles. The second-order valence-electron chi connectivity index (χ2n) is 7.82. The van der Waals surface area contributed by atoms with Crippen molar-refractivity contribution >= 4 is 21.8 Å². The molecule has 0 aliphatic carbocycles. The molecule has 2 aliphatic rings. The number of piperidine rings is 1. The third-order valence-corrected chi connectivity index (χ3v) is 7.42. The van der Waals surface area contributed by atoms with E-state index in [1.165, 1.54) is 4.31 Å². The molecule has 28 heavy (non-hydrogen) atoms. The topological polar surface area (TPSA) is 78.0 Å². The molecule has 2 saturated heterocycles. The number of benzene rings is 1. The molecule has 0 aromatic heterocycles. The van der Waals surface area contributed by atoms with Crippen molar-refractivity contribution < 1.29 is 18.0 Å². The van der Waals surface area contributed by atoms with Crippen LogP contribution < -0.4 is 0 Å². The zero-order valence-corrected chi connectivity index (χ0v) is 17.4. The molecule has 0 spiro atoms. The zero-order chi connectivity index (χ0) is 20.3. The summed E-state index contributed by atoms with van der Waals surface area (Å²) >= 11 is 0. The number of hydrogen-bond donors (Lipinski definition) is 0. The Bertz CT molecular complexity index is 802. The summed E-state index contributed by atoms with van der Waals surface area (Å²) in [6.45, 7) is 6.30. The molecule has 0 N–H and O–H groups in total. The Hall–Kier alpha value is -1.93. The van der Waals surface area contributed by atoms with E-state index in [0.29, 0.717) is 39.3 Å². The van der Waals surface area contributed by atoms with Crippen molar-refractivity contribution in [2.75, 3.05) is 39.3 Å². The first kappa shape index (κ1) is 20.8. The number of carbonyl (C=O) groups excluding carboxylic acids is 2. The van der Waals surface area contributed by atoms with Gasteiger partial charge in [-0.05, 0) is 25.0 Å². The van der Waals surface area contributed by atoms with Crippen LogP contribution in [0.2, 0.25) is 0 Å². The van der Waals surface area contributed by atoms with Crippen LogP contribution >= 0.6 is 0 Å². The Morgan fingerprint density at radius 1 is 0.964 bits per heavy atom. The third kappa shape index (κ3) is 4.38. The van der Waals surface area contributed by atoms with E-state index >= 15 is 0 Å². The van der Waals surface area contributed by atoms with Gasteiger partial charge in [0, 0.05) is 45.2 Å². The summed E-state index contributed by atoms with van der Waals surface area (Å²) in [5.74, 6) is -0.122. The Balaban J connectivity index is 1.59. The molecule has 2 fully saturated rings. The van der Waals surface area contributed by atoms with E-state index in [0.717, 1.165) is 12.8 Å². The van der Waals surface area contributed by atoms with E-state index in [9.17, 15) is 18.0 Å². The van der Waals surface area contributed by atoms with Crippen molar-refractivity contribution in [1.82, 2.24) is 14.1 Å². The smallest absolute Gasteiger partial charge is 0.243 e. The van der Waals surface area contributed by atoms with Crippen LogP contribution in [0.3, 0.4) is 0 Å². The third-order valence-electron chi connectivity index (χ3n) is 5.51. The molecular weight excluding hydrogens is 378 g/mol. The van der Waals surface area contributed by atoms with Crippen LogP contribution in [-0.2, 0) is 19.6 Å². The first-order valence-corrected chi connectivity index (χ1v) is 11.4. The monoisotopic (exact) mass is 407 g/mol. The van der Waals surface area contributed by atoms with Gasteiger partial charge in [-0.2, -0.15) is 4.31 Å².